The Bertz CT molecular complexity index is 1130. The van der Waals surface area contributed by atoms with Crippen LogP contribution in [0.4, 0.5) is 5.82 Å². The highest BCUT2D eigenvalue weighted by Crippen LogP contribution is 2.32. The number of anilines is 1. The van der Waals surface area contributed by atoms with E-state index in [2.05, 4.69) is 31.7 Å². The number of aliphatic hydroxyl groups excluding tert-OH is 2. The number of ether oxygens (including phenoxy) is 1. The summed E-state index contributed by atoms with van der Waals surface area (Å²) in [5, 5.41) is 35.1. The molecule has 4 rings (SSSR count). The largest absolute Gasteiger partial charge is 0.387 e. The van der Waals surface area contributed by atoms with Crippen LogP contribution in [0.2, 0.25) is 0 Å². The number of carbonyl (C=O) groups is 1. The zero-order valence-electron chi connectivity index (χ0n) is 15.9. The van der Waals surface area contributed by atoms with Crippen LogP contribution in [0.5, 0.6) is 0 Å². The van der Waals surface area contributed by atoms with Crippen LogP contribution in [0.25, 0.3) is 11.2 Å². The van der Waals surface area contributed by atoms with E-state index in [1.54, 1.807) is 18.2 Å². The normalized spacial score (nSPS) is 23.3. The van der Waals surface area contributed by atoms with Gasteiger partial charge in [0.15, 0.2) is 29.3 Å². The van der Waals surface area contributed by atoms with Gasteiger partial charge in [0, 0.05) is 13.6 Å². The van der Waals surface area contributed by atoms with Crippen molar-refractivity contribution in [3.63, 3.8) is 0 Å². The van der Waals surface area contributed by atoms with Crippen molar-refractivity contribution in [3.8, 4) is 6.07 Å². The molecule has 1 aromatic carbocycles. The van der Waals surface area contributed by atoms with Crippen molar-refractivity contribution in [3.05, 3.63) is 48.0 Å². The minimum absolute atomic E-state index is 0.368. The topological polar surface area (TPSA) is 158 Å². The lowest BCUT2D eigenvalue weighted by molar-refractivity contribution is -0.137. The van der Waals surface area contributed by atoms with Crippen molar-refractivity contribution < 1.29 is 19.7 Å². The van der Waals surface area contributed by atoms with Gasteiger partial charge in [0.05, 0.1) is 18.0 Å². The Labute approximate surface area is 171 Å². The fourth-order valence-electron chi connectivity index (χ4n) is 3.35. The number of carbonyl (C=O) groups excluding carboxylic acids is 1. The van der Waals surface area contributed by atoms with Crippen LogP contribution >= 0.6 is 0 Å². The Morgan fingerprint density at radius 3 is 2.90 bits per heavy atom. The van der Waals surface area contributed by atoms with Gasteiger partial charge >= 0.3 is 0 Å². The van der Waals surface area contributed by atoms with E-state index in [0.29, 0.717) is 29.1 Å². The van der Waals surface area contributed by atoms with E-state index in [1.807, 2.05) is 6.07 Å². The number of aliphatic hydroxyl groups is 2. The molecule has 0 aliphatic carbocycles. The van der Waals surface area contributed by atoms with Crippen molar-refractivity contribution in [1.29, 1.82) is 5.26 Å². The predicted molar refractivity (Wildman–Crippen MR) is 104 cm³/mol. The van der Waals surface area contributed by atoms with E-state index in [9.17, 15) is 15.0 Å². The number of likely N-dealkylation sites (N-methyl/N-ethyl adjacent to an activating group) is 1. The monoisotopic (exact) mass is 409 g/mol. The van der Waals surface area contributed by atoms with E-state index >= 15 is 0 Å². The molecule has 1 aliphatic heterocycles. The summed E-state index contributed by atoms with van der Waals surface area (Å²) in [7, 11) is 1.42. The lowest BCUT2D eigenvalue weighted by Gasteiger charge is -2.16. The number of aromatic nitrogens is 4. The summed E-state index contributed by atoms with van der Waals surface area (Å²) in [5.41, 5.74) is 2.25. The first-order chi connectivity index (χ1) is 14.5. The van der Waals surface area contributed by atoms with Crippen LogP contribution in [0, 0.1) is 11.3 Å². The third kappa shape index (κ3) is 3.43. The van der Waals surface area contributed by atoms with Gasteiger partial charge in [0.2, 0.25) is 0 Å². The molecular weight excluding hydrogens is 390 g/mol. The van der Waals surface area contributed by atoms with Gasteiger partial charge in [-0.2, -0.15) is 5.26 Å². The summed E-state index contributed by atoms with van der Waals surface area (Å²) in [4.78, 5) is 24.6. The van der Waals surface area contributed by atoms with Crippen molar-refractivity contribution in [2.75, 3.05) is 12.4 Å². The van der Waals surface area contributed by atoms with Gasteiger partial charge in [-0.15, -0.1) is 0 Å². The van der Waals surface area contributed by atoms with Crippen LogP contribution in [0.1, 0.15) is 17.4 Å². The number of rotatable bonds is 5. The van der Waals surface area contributed by atoms with Crippen LogP contribution in [-0.4, -0.2) is 61.0 Å². The van der Waals surface area contributed by atoms with Crippen LogP contribution in [0.15, 0.2) is 36.9 Å². The first-order valence-corrected chi connectivity index (χ1v) is 9.17. The lowest BCUT2D eigenvalue weighted by atomic mass is 10.1. The molecule has 1 fully saturated rings. The van der Waals surface area contributed by atoms with Gasteiger partial charge in [-0.3, -0.25) is 9.36 Å². The number of nitriles is 1. The Morgan fingerprint density at radius 1 is 1.30 bits per heavy atom. The molecule has 0 spiro atoms. The number of hydrogen-bond donors (Lipinski definition) is 4. The van der Waals surface area contributed by atoms with E-state index in [0.717, 1.165) is 5.56 Å². The van der Waals surface area contributed by atoms with Gasteiger partial charge in [-0.25, -0.2) is 15.0 Å². The second-order valence-corrected chi connectivity index (χ2v) is 6.75. The van der Waals surface area contributed by atoms with E-state index < -0.39 is 30.4 Å². The van der Waals surface area contributed by atoms with Gasteiger partial charge < -0.3 is 25.6 Å². The average Bonchev–Trinajstić information content (AvgIpc) is 3.33. The van der Waals surface area contributed by atoms with Gasteiger partial charge in [-0.05, 0) is 17.7 Å². The first kappa shape index (κ1) is 19.7. The smallest absolute Gasteiger partial charge is 0.251 e. The lowest BCUT2D eigenvalue weighted by Crippen LogP contribution is -2.41. The van der Waals surface area contributed by atoms with Crippen molar-refractivity contribution in [2.24, 2.45) is 0 Å². The highest BCUT2D eigenvalue weighted by Gasteiger charge is 2.47. The molecule has 3 aromatic rings. The molecule has 11 heteroatoms. The molecule has 0 bridgehead atoms. The molecule has 4 atom stereocenters. The number of imidazole rings is 1. The summed E-state index contributed by atoms with van der Waals surface area (Å²) >= 11 is 0. The number of benzene rings is 1. The summed E-state index contributed by atoms with van der Waals surface area (Å²) in [6.07, 6.45) is -2.23. The maximum atomic E-state index is 11.9. The Hall–Kier alpha value is -3.59. The Kier molecular flexibility index (Phi) is 5.28. The van der Waals surface area contributed by atoms with Crippen molar-refractivity contribution in [2.45, 2.75) is 31.1 Å². The fourth-order valence-corrected chi connectivity index (χ4v) is 3.35. The molecule has 1 saturated heterocycles. The molecule has 1 aliphatic rings. The zero-order valence-corrected chi connectivity index (χ0v) is 15.9. The minimum Gasteiger partial charge on any atom is -0.387 e. The first-order valence-electron chi connectivity index (χ1n) is 9.17. The molecule has 1 amide bonds. The summed E-state index contributed by atoms with van der Waals surface area (Å²) in [6, 6.07) is 9.27. The van der Waals surface area contributed by atoms with Gasteiger partial charge in [0.1, 0.15) is 18.5 Å². The third-order valence-electron chi connectivity index (χ3n) is 4.89. The number of hydrogen-bond acceptors (Lipinski definition) is 9. The maximum Gasteiger partial charge on any atom is 0.251 e. The minimum atomic E-state index is -1.39. The quantitative estimate of drug-likeness (QED) is 0.443. The molecule has 0 radical (unpaired) electrons. The fraction of sp³-hybridized carbons (Fsp3) is 0.316. The van der Waals surface area contributed by atoms with Crippen molar-refractivity contribution >= 4 is 22.9 Å². The van der Waals surface area contributed by atoms with E-state index in [4.69, 9.17) is 10.00 Å². The van der Waals surface area contributed by atoms with Crippen LogP contribution in [-0.2, 0) is 16.1 Å². The van der Waals surface area contributed by atoms with Crippen molar-refractivity contribution in [1.82, 2.24) is 24.8 Å². The summed E-state index contributed by atoms with van der Waals surface area (Å²) in [5.74, 6) is -0.0814. The average molecular weight is 409 g/mol. The molecule has 0 unspecified atom stereocenters. The SMILES string of the molecule is CNC(=O)[C@H]1O[C@@H](n2cnc3c(NCc4cccc(C#N)c4)ncnc32)[C@H](O)[C@@H]1O. The second kappa shape index (κ2) is 8.03. The Balaban J connectivity index is 1.59. The number of nitrogens with one attached hydrogen (secondary N) is 2. The molecule has 2 aromatic heterocycles. The highest BCUT2D eigenvalue weighted by atomic mass is 16.6. The number of amides is 1. The molecular formula is C19H19N7O4. The van der Waals surface area contributed by atoms with E-state index in [-0.39, 0.29) is 0 Å². The Morgan fingerprint density at radius 2 is 2.13 bits per heavy atom. The highest BCUT2D eigenvalue weighted by molar-refractivity contribution is 5.83. The summed E-state index contributed by atoms with van der Waals surface area (Å²) in [6.45, 7) is 0.411. The predicted octanol–water partition coefficient (Wildman–Crippen LogP) is -0.325. The van der Waals surface area contributed by atoms with Crippen LogP contribution < -0.4 is 10.6 Å². The van der Waals surface area contributed by atoms with Gasteiger partial charge in [0.25, 0.3) is 5.91 Å². The number of nitrogens with zero attached hydrogens (tertiary/aromatic N) is 5. The molecule has 154 valence electrons. The maximum absolute atomic E-state index is 11.9. The standard InChI is InChI=1S/C19H19N7O4/c1-21-18(29)15-13(27)14(28)19(30-15)26-9-25-12-16(23-8-24-17(12)26)22-7-11-4-2-3-10(5-11)6-20/h2-5,8-9,13-15,19,27-28H,7H2,1H3,(H,21,29)(H,22,23,24)/t13-,14+,15-,19+/m0/s1. The molecule has 3 heterocycles. The third-order valence-corrected chi connectivity index (χ3v) is 4.89. The second-order valence-electron chi connectivity index (χ2n) is 6.75. The zero-order chi connectivity index (χ0) is 21.3. The van der Waals surface area contributed by atoms with Gasteiger partial charge in [-0.1, -0.05) is 12.1 Å². The summed E-state index contributed by atoms with van der Waals surface area (Å²) < 4.78 is 7.04. The van der Waals surface area contributed by atoms with Crippen LogP contribution in [0.3, 0.4) is 0 Å². The molecule has 0 saturated carbocycles. The number of fused-ring (bicyclic) bond motifs is 1. The molecule has 11 nitrogen and oxygen atoms in total. The molecule has 30 heavy (non-hydrogen) atoms. The van der Waals surface area contributed by atoms with E-state index in [1.165, 1.54) is 24.3 Å². The molecule has 4 N–H and O–H groups in total.